The zero-order chi connectivity index (χ0) is 12.1. The topological polar surface area (TPSA) is 82.5 Å². The molecule has 0 fully saturated rings. The van der Waals surface area contributed by atoms with Crippen molar-refractivity contribution in [3.05, 3.63) is 22.3 Å². The maximum Gasteiger partial charge on any atom is 0.339 e. The van der Waals surface area contributed by atoms with Crippen molar-refractivity contribution in [3.8, 4) is 0 Å². The predicted octanol–water partition coefficient (Wildman–Crippen LogP) is 1.73. The number of halogens is 1. The molecule has 0 saturated carbocycles. The van der Waals surface area contributed by atoms with Gasteiger partial charge >= 0.3 is 5.97 Å². The summed E-state index contributed by atoms with van der Waals surface area (Å²) in [6.45, 7) is 2.13. The Morgan fingerprint density at radius 2 is 2.38 bits per heavy atom. The molecule has 0 saturated heterocycles. The number of aromatic nitrogens is 1. The molecule has 0 aliphatic carbocycles. The van der Waals surface area contributed by atoms with Gasteiger partial charge in [-0.2, -0.15) is 0 Å². The van der Waals surface area contributed by atoms with Gasteiger partial charge in [0.25, 0.3) is 0 Å². The second-order valence-corrected chi connectivity index (χ2v) is 4.21. The third-order valence-corrected chi connectivity index (χ3v) is 2.49. The van der Waals surface area contributed by atoms with E-state index < -0.39 is 12.1 Å². The number of nitrogens with zero attached hydrogens (tertiary/aromatic N) is 1. The molecule has 0 amide bonds. The molecular weight excluding hydrogens is 276 g/mol. The Hall–Kier alpha value is -1.14. The van der Waals surface area contributed by atoms with E-state index in [2.05, 4.69) is 26.2 Å². The lowest BCUT2D eigenvalue weighted by Gasteiger charge is -2.11. The van der Waals surface area contributed by atoms with Crippen LogP contribution >= 0.6 is 15.9 Å². The van der Waals surface area contributed by atoms with Crippen LogP contribution in [0.1, 0.15) is 23.7 Å². The smallest absolute Gasteiger partial charge is 0.339 e. The van der Waals surface area contributed by atoms with Gasteiger partial charge < -0.3 is 15.5 Å². The van der Waals surface area contributed by atoms with E-state index in [1.807, 2.05) is 6.92 Å². The number of aliphatic hydroxyl groups is 1. The lowest BCUT2D eigenvalue weighted by atomic mass is 10.2. The van der Waals surface area contributed by atoms with Crippen LogP contribution in [-0.2, 0) is 0 Å². The lowest BCUT2D eigenvalue weighted by Crippen LogP contribution is -2.20. The first-order valence-corrected chi connectivity index (χ1v) is 5.64. The van der Waals surface area contributed by atoms with Gasteiger partial charge in [-0.25, -0.2) is 9.78 Å². The average molecular weight is 289 g/mol. The second-order valence-electron chi connectivity index (χ2n) is 3.30. The maximum absolute atomic E-state index is 10.9. The average Bonchev–Trinajstić information content (AvgIpc) is 2.26. The first kappa shape index (κ1) is 12.9. The lowest BCUT2D eigenvalue weighted by molar-refractivity contribution is 0.0697. The monoisotopic (exact) mass is 288 g/mol. The van der Waals surface area contributed by atoms with Gasteiger partial charge in [-0.15, -0.1) is 0 Å². The highest BCUT2D eigenvalue weighted by molar-refractivity contribution is 9.10. The van der Waals surface area contributed by atoms with Crippen molar-refractivity contribution in [1.82, 2.24) is 4.98 Å². The summed E-state index contributed by atoms with van der Waals surface area (Å²) in [7, 11) is 0. The first-order chi connectivity index (χ1) is 7.54. The summed E-state index contributed by atoms with van der Waals surface area (Å²) in [6.07, 6.45) is 1.60. The van der Waals surface area contributed by atoms with E-state index in [1.165, 1.54) is 12.3 Å². The SMILES string of the molecule is CCC(O)CNc1ncc(Br)cc1C(=O)O. The number of carbonyl (C=O) groups is 1. The Kier molecular flexibility index (Phi) is 4.70. The molecular formula is C10H13BrN2O3. The van der Waals surface area contributed by atoms with Crippen LogP contribution in [0, 0.1) is 0 Å². The van der Waals surface area contributed by atoms with E-state index in [9.17, 15) is 9.90 Å². The van der Waals surface area contributed by atoms with E-state index in [4.69, 9.17) is 5.11 Å². The molecule has 1 unspecified atom stereocenters. The molecule has 5 nitrogen and oxygen atoms in total. The van der Waals surface area contributed by atoms with Crippen LogP contribution in [0.4, 0.5) is 5.82 Å². The van der Waals surface area contributed by atoms with E-state index in [0.29, 0.717) is 10.9 Å². The summed E-state index contributed by atoms with van der Waals surface area (Å²) in [5.41, 5.74) is 0.0812. The highest BCUT2D eigenvalue weighted by Gasteiger charge is 2.12. The quantitative estimate of drug-likeness (QED) is 0.769. The molecule has 1 atom stereocenters. The van der Waals surface area contributed by atoms with Crippen LogP contribution < -0.4 is 5.32 Å². The zero-order valence-electron chi connectivity index (χ0n) is 8.77. The molecule has 0 bridgehead atoms. The summed E-state index contributed by atoms with van der Waals surface area (Å²) >= 11 is 3.16. The van der Waals surface area contributed by atoms with Crippen LogP contribution in [0.15, 0.2) is 16.7 Å². The molecule has 0 spiro atoms. The van der Waals surface area contributed by atoms with Crippen molar-refractivity contribution in [2.24, 2.45) is 0 Å². The Morgan fingerprint density at radius 3 is 2.94 bits per heavy atom. The summed E-state index contributed by atoms with van der Waals surface area (Å²) in [4.78, 5) is 14.9. The minimum atomic E-state index is -1.05. The Morgan fingerprint density at radius 1 is 1.69 bits per heavy atom. The van der Waals surface area contributed by atoms with Crippen LogP contribution in [0.3, 0.4) is 0 Å². The van der Waals surface area contributed by atoms with Gasteiger partial charge in [-0.1, -0.05) is 6.92 Å². The normalized spacial score (nSPS) is 12.2. The molecule has 0 aromatic carbocycles. The molecule has 1 aromatic heterocycles. The predicted molar refractivity (Wildman–Crippen MR) is 63.7 cm³/mol. The molecule has 88 valence electrons. The summed E-state index contributed by atoms with van der Waals surface area (Å²) in [6, 6.07) is 1.47. The number of rotatable bonds is 5. The van der Waals surface area contributed by atoms with Gasteiger partial charge in [-0.05, 0) is 28.4 Å². The van der Waals surface area contributed by atoms with E-state index in [1.54, 1.807) is 0 Å². The van der Waals surface area contributed by atoms with Crippen molar-refractivity contribution in [3.63, 3.8) is 0 Å². The number of anilines is 1. The maximum atomic E-state index is 10.9. The number of aromatic carboxylic acids is 1. The van der Waals surface area contributed by atoms with Gasteiger partial charge in [0.05, 0.1) is 6.10 Å². The zero-order valence-corrected chi connectivity index (χ0v) is 10.4. The van der Waals surface area contributed by atoms with Gasteiger partial charge in [0, 0.05) is 17.2 Å². The minimum Gasteiger partial charge on any atom is -0.478 e. The second kappa shape index (κ2) is 5.81. The fourth-order valence-corrected chi connectivity index (χ4v) is 1.43. The Labute approximate surface area is 102 Å². The molecule has 1 heterocycles. The van der Waals surface area contributed by atoms with Crippen molar-refractivity contribution in [2.45, 2.75) is 19.4 Å². The molecule has 0 aliphatic rings. The third-order valence-electron chi connectivity index (χ3n) is 2.06. The summed E-state index contributed by atoms with van der Waals surface area (Å²) in [5.74, 6) is -0.787. The highest BCUT2D eigenvalue weighted by Crippen LogP contribution is 2.18. The molecule has 1 aromatic rings. The Balaban J connectivity index is 2.82. The standard InChI is InChI=1S/C10H13BrN2O3/c1-2-7(14)5-13-9-8(10(15)16)3-6(11)4-12-9/h3-4,7,14H,2,5H2,1H3,(H,12,13)(H,15,16). The Bertz CT molecular complexity index is 384. The fraction of sp³-hybridized carbons (Fsp3) is 0.400. The number of hydrogen-bond acceptors (Lipinski definition) is 4. The van der Waals surface area contributed by atoms with E-state index in [-0.39, 0.29) is 17.9 Å². The molecule has 3 N–H and O–H groups in total. The number of nitrogens with one attached hydrogen (secondary N) is 1. The van der Waals surface area contributed by atoms with Crippen molar-refractivity contribution in [1.29, 1.82) is 0 Å². The van der Waals surface area contributed by atoms with Gasteiger partial charge in [0.15, 0.2) is 0 Å². The number of carboxylic acid groups (broad SMARTS) is 1. The summed E-state index contributed by atoms with van der Waals surface area (Å²) < 4.78 is 0.603. The summed E-state index contributed by atoms with van der Waals surface area (Å²) in [5, 5.41) is 21.1. The number of aliphatic hydroxyl groups excluding tert-OH is 1. The molecule has 0 aliphatic heterocycles. The largest absolute Gasteiger partial charge is 0.478 e. The molecule has 0 radical (unpaired) electrons. The molecule has 16 heavy (non-hydrogen) atoms. The number of hydrogen-bond donors (Lipinski definition) is 3. The number of carboxylic acids is 1. The van der Waals surface area contributed by atoms with Crippen LogP contribution in [-0.4, -0.2) is 33.8 Å². The van der Waals surface area contributed by atoms with Crippen LogP contribution in [0.25, 0.3) is 0 Å². The van der Waals surface area contributed by atoms with Gasteiger partial charge in [0.1, 0.15) is 11.4 Å². The fourth-order valence-electron chi connectivity index (χ4n) is 1.10. The minimum absolute atomic E-state index is 0.0812. The highest BCUT2D eigenvalue weighted by atomic mass is 79.9. The number of pyridine rings is 1. The van der Waals surface area contributed by atoms with Gasteiger partial charge in [-0.3, -0.25) is 0 Å². The van der Waals surface area contributed by atoms with E-state index >= 15 is 0 Å². The van der Waals surface area contributed by atoms with Crippen LogP contribution in [0.5, 0.6) is 0 Å². The first-order valence-electron chi connectivity index (χ1n) is 4.85. The third kappa shape index (κ3) is 3.46. The molecule has 1 rings (SSSR count). The van der Waals surface area contributed by atoms with Crippen LogP contribution in [0.2, 0.25) is 0 Å². The van der Waals surface area contributed by atoms with Gasteiger partial charge in [0.2, 0.25) is 0 Å². The van der Waals surface area contributed by atoms with Crippen molar-refractivity contribution < 1.29 is 15.0 Å². The van der Waals surface area contributed by atoms with Crippen molar-refractivity contribution >= 4 is 27.7 Å². The molecule has 6 heteroatoms. The van der Waals surface area contributed by atoms with Crippen molar-refractivity contribution in [2.75, 3.05) is 11.9 Å². The van der Waals surface area contributed by atoms with E-state index in [0.717, 1.165) is 0 Å².